The van der Waals surface area contributed by atoms with Crippen LogP contribution in [0.1, 0.15) is 29.9 Å². The molecule has 4 heteroatoms. The van der Waals surface area contributed by atoms with Crippen molar-refractivity contribution in [1.82, 2.24) is 10.2 Å². The van der Waals surface area contributed by atoms with Gasteiger partial charge in [-0.1, -0.05) is 12.1 Å². The second-order valence-corrected chi connectivity index (χ2v) is 5.93. The van der Waals surface area contributed by atoms with E-state index in [2.05, 4.69) is 23.5 Å². The zero-order chi connectivity index (χ0) is 14.1. The largest absolute Gasteiger partial charge is 0.493 e. The molecule has 2 aliphatic heterocycles. The van der Waals surface area contributed by atoms with Gasteiger partial charge in [0.25, 0.3) is 0 Å². The van der Waals surface area contributed by atoms with Gasteiger partial charge in [0.2, 0.25) is 5.91 Å². The Hall–Kier alpha value is -1.55. The fraction of sp³-hybridized carbons (Fsp3) is 0.562. The van der Waals surface area contributed by atoms with E-state index in [9.17, 15) is 4.79 Å². The smallest absolute Gasteiger partial charge is 0.239 e. The number of fused-ring (bicyclic) bond motifs is 1. The highest BCUT2D eigenvalue weighted by Crippen LogP contribution is 2.33. The Morgan fingerprint density at radius 3 is 3.05 bits per heavy atom. The van der Waals surface area contributed by atoms with Crippen molar-refractivity contribution in [3.63, 3.8) is 0 Å². The molecule has 2 aliphatic rings. The van der Waals surface area contributed by atoms with Crippen LogP contribution in [-0.4, -0.2) is 44.1 Å². The van der Waals surface area contributed by atoms with E-state index in [1.807, 2.05) is 14.1 Å². The summed E-state index contributed by atoms with van der Waals surface area (Å²) in [5.41, 5.74) is 2.67. The molecule has 20 heavy (non-hydrogen) atoms. The Morgan fingerprint density at radius 2 is 2.25 bits per heavy atom. The lowest BCUT2D eigenvalue weighted by Crippen LogP contribution is -2.47. The molecule has 2 atom stereocenters. The zero-order valence-electron chi connectivity index (χ0n) is 12.2. The Labute approximate surface area is 120 Å². The van der Waals surface area contributed by atoms with E-state index in [4.69, 9.17) is 4.74 Å². The molecule has 2 unspecified atom stereocenters. The zero-order valence-corrected chi connectivity index (χ0v) is 12.2. The Bertz CT molecular complexity index is 513. The van der Waals surface area contributed by atoms with Crippen molar-refractivity contribution in [2.75, 3.05) is 27.2 Å². The molecular weight excluding hydrogens is 252 g/mol. The number of ether oxygens (including phenoxy) is 1. The molecule has 0 bridgehead atoms. The minimum absolute atomic E-state index is 0.0479. The third-order valence-electron chi connectivity index (χ3n) is 4.33. The van der Waals surface area contributed by atoms with E-state index >= 15 is 0 Å². The van der Waals surface area contributed by atoms with Gasteiger partial charge in [0.15, 0.2) is 0 Å². The quantitative estimate of drug-likeness (QED) is 0.889. The monoisotopic (exact) mass is 274 g/mol. The van der Waals surface area contributed by atoms with Gasteiger partial charge in [0.1, 0.15) is 5.75 Å². The van der Waals surface area contributed by atoms with Crippen LogP contribution in [0.25, 0.3) is 0 Å². The number of carbonyl (C=O) groups is 1. The second kappa shape index (κ2) is 5.44. The first-order chi connectivity index (χ1) is 9.65. The normalized spacial score (nSPS) is 24.9. The van der Waals surface area contributed by atoms with Crippen LogP contribution in [-0.2, 0) is 11.2 Å². The predicted molar refractivity (Wildman–Crippen MR) is 78.1 cm³/mol. The topological polar surface area (TPSA) is 41.6 Å². The van der Waals surface area contributed by atoms with Crippen molar-refractivity contribution in [2.45, 2.75) is 31.2 Å². The van der Waals surface area contributed by atoms with Crippen molar-refractivity contribution in [1.29, 1.82) is 0 Å². The molecule has 1 N–H and O–H groups in total. The van der Waals surface area contributed by atoms with Gasteiger partial charge in [0.05, 0.1) is 12.6 Å². The van der Waals surface area contributed by atoms with Crippen LogP contribution in [0.2, 0.25) is 0 Å². The molecule has 1 aromatic rings. The lowest BCUT2D eigenvalue weighted by atomic mass is 9.85. The fourth-order valence-corrected chi connectivity index (χ4v) is 3.18. The first kappa shape index (κ1) is 13.4. The van der Waals surface area contributed by atoms with Crippen molar-refractivity contribution >= 4 is 5.91 Å². The van der Waals surface area contributed by atoms with Gasteiger partial charge in [-0.3, -0.25) is 4.79 Å². The molecule has 1 fully saturated rings. The molecular formula is C16H22N2O2. The number of nitrogens with zero attached hydrogens (tertiary/aromatic N) is 1. The van der Waals surface area contributed by atoms with Gasteiger partial charge in [-0.15, -0.1) is 0 Å². The third-order valence-corrected chi connectivity index (χ3v) is 4.33. The maximum absolute atomic E-state index is 12.1. The van der Waals surface area contributed by atoms with Crippen LogP contribution < -0.4 is 10.1 Å². The average Bonchev–Trinajstić information content (AvgIpc) is 2.93. The highest BCUT2D eigenvalue weighted by atomic mass is 16.5. The predicted octanol–water partition coefficient (Wildman–Crippen LogP) is 1.55. The van der Waals surface area contributed by atoms with E-state index in [1.54, 1.807) is 4.90 Å². The fourth-order valence-electron chi connectivity index (χ4n) is 3.18. The van der Waals surface area contributed by atoms with Crippen LogP contribution in [0.3, 0.4) is 0 Å². The van der Waals surface area contributed by atoms with E-state index in [0.717, 1.165) is 38.2 Å². The number of rotatable bonds is 2. The highest BCUT2D eigenvalue weighted by Gasteiger charge is 2.29. The number of hydrogen-bond acceptors (Lipinski definition) is 3. The number of amides is 1. The van der Waals surface area contributed by atoms with Crippen molar-refractivity contribution in [3.05, 3.63) is 29.3 Å². The summed E-state index contributed by atoms with van der Waals surface area (Å²) >= 11 is 0. The molecule has 3 rings (SSSR count). The lowest BCUT2D eigenvalue weighted by molar-refractivity contribution is -0.131. The SMILES string of the molecule is CN(C)C(=O)C1CC(c2ccc3c(c2)CCO3)CCN1. The number of likely N-dealkylation sites (N-methyl/N-ethyl adjacent to an activating group) is 1. The van der Waals surface area contributed by atoms with Crippen LogP contribution in [0.5, 0.6) is 5.75 Å². The molecule has 0 radical (unpaired) electrons. The molecule has 2 heterocycles. The third kappa shape index (κ3) is 2.52. The number of hydrogen-bond donors (Lipinski definition) is 1. The van der Waals surface area contributed by atoms with Crippen LogP contribution in [0.4, 0.5) is 0 Å². The summed E-state index contributed by atoms with van der Waals surface area (Å²) in [5.74, 6) is 1.68. The van der Waals surface area contributed by atoms with Gasteiger partial charge in [-0.05, 0) is 42.5 Å². The van der Waals surface area contributed by atoms with E-state index < -0.39 is 0 Å². The summed E-state index contributed by atoms with van der Waals surface area (Å²) in [6.45, 7) is 1.70. The minimum Gasteiger partial charge on any atom is -0.493 e. The average molecular weight is 274 g/mol. The Kier molecular flexibility index (Phi) is 3.66. The summed E-state index contributed by atoms with van der Waals surface area (Å²) in [6, 6.07) is 6.48. The van der Waals surface area contributed by atoms with Crippen LogP contribution in [0.15, 0.2) is 18.2 Å². The molecule has 0 aliphatic carbocycles. The van der Waals surface area contributed by atoms with Crippen LogP contribution in [0, 0.1) is 0 Å². The molecule has 0 saturated carbocycles. The van der Waals surface area contributed by atoms with Gasteiger partial charge in [-0.25, -0.2) is 0 Å². The molecule has 0 aromatic heterocycles. The first-order valence-electron chi connectivity index (χ1n) is 7.35. The van der Waals surface area contributed by atoms with Gasteiger partial charge in [0, 0.05) is 20.5 Å². The number of benzene rings is 1. The molecule has 4 nitrogen and oxygen atoms in total. The maximum atomic E-state index is 12.1. The Morgan fingerprint density at radius 1 is 1.40 bits per heavy atom. The van der Waals surface area contributed by atoms with Crippen molar-refractivity contribution in [3.8, 4) is 5.75 Å². The summed E-state index contributed by atoms with van der Waals surface area (Å²) in [6.07, 6.45) is 2.99. The second-order valence-electron chi connectivity index (χ2n) is 5.93. The maximum Gasteiger partial charge on any atom is 0.239 e. The minimum atomic E-state index is -0.0479. The van der Waals surface area contributed by atoms with Crippen molar-refractivity contribution in [2.24, 2.45) is 0 Å². The molecule has 108 valence electrons. The van der Waals surface area contributed by atoms with Gasteiger partial charge >= 0.3 is 0 Å². The number of piperidine rings is 1. The highest BCUT2D eigenvalue weighted by molar-refractivity contribution is 5.81. The standard InChI is InChI=1S/C16H22N2O2/c1-18(2)16(19)14-10-12(5-7-17-14)11-3-4-15-13(9-11)6-8-20-15/h3-4,9,12,14,17H,5-8,10H2,1-2H3. The summed E-state index contributed by atoms with van der Waals surface area (Å²) in [7, 11) is 3.64. The summed E-state index contributed by atoms with van der Waals surface area (Å²) in [5, 5.41) is 3.34. The molecule has 1 aromatic carbocycles. The lowest BCUT2D eigenvalue weighted by Gasteiger charge is -2.31. The first-order valence-corrected chi connectivity index (χ1v) is 7.35. The van der Waals surface area contributed by atoms with E-state index in [0.29, 0.717) is 5.92 Å². The number of nitrogens with one attached hydrogen (secondary N) is 1. The van der Waals surface area contributed by atoms with Gasteiger partial charge in [-0.2, -0.15) is 0 Å². The summed E-state index contributed by atoms with van der Waals surface area (Å²) < 4.78 is 5.56. The summed E-state index contributed by atoms with van der Waals surface area (Å²) in [4.78, 5) is 13.8. The van der Waals surface area contributed by atoms with E-state index in [-0.39, 0.29) is 11.9 Å². The Balaban J connectivity index is 1.75. The van der Waals surface area contributed by atoms with E-state index in [1.165, 1.54) is 11.1 Å². The molecule has 1 amide bonds. The number of carbonyl (C=O) groups excluding carboxylic acids is 1. The molecule has 0 spiro atoms. The van der Waals surface area contributed by atoms with Crippen molar-refractivity contribution < 1.29 is 9.53 Å². The van der Waals surface area contributed by atoms with Gasteiger partial charge < -0.3 is 15.0 Å². The van der Waals surface area contributed by atoms with Crippen LogP contribution >= 0.6 is 0 Å². The molecule has 1 saturated heterocycles.